The van der Waals surface area contributed by atoms with Crippen molar-refractivity contribution >= 4 is 23.2 Å². The fraction of sp³-hybridized carbons (Fsp3) is 0.350. The fourth-order valence-electron chi connectivity index (χ4n) is 3.12. The SMILES string of the molecule is Cc1ccc(Cl)cc1N1CCN(C(=O)[C@@H](C)Oc2ccc(F)cc2)CC1. The smallest absolute Gasteiger partial charge is 0.263 e. The quantitative estimate of drug-likeness (QED) is 0.811. The van der Waals surface area contributed by atoms with E-state index < -0.39 is 6.10 Å². The number of halogens is 2. The molecule has 0 saturated carbocycles. The predicted octanol–water partition coefficient (Wildman–Crippen LogP) is 3.90. The van der Waals surface area contributed by atoms with Gasteiger partial charge in [0.15, 0.2) is 6.10 Å². The van der Waals surface area contributed by atoms with Crippen LogP contribution in [0.3, 0.4) is 0 Å². The van der Waals surface area contributed by atoms with E-state index in [1.165, 1.54) is 29.8 Å². The summed E-state index contributed by atoms with van der Waals surface area (Å²) >= 11 is 6.11. The van der Waals surface area contributed by atoms with Gasteiger partial charge in [-0.2, -0.15) is 0 Å². The number of aryl methyl sites for hydroxylation is 1. The number of piperazine rings is 1. The van der Waals surface area contributed by atoms with Gasteiger partial charge in [0.1, 0.15) is 11.6 Å². The highest BCUT2D eigenvalue weighted by atomic mass is 35.5. The molecule has 1 atom stereocenters. The van der Waals surface area contributed by atoms with Gasteiger partial charge in [-0.1, -0.05) is 17.7 Å². The molecule has 1 aliphatic rings. The highest BCUT2D eigenvalue weighted by molar-refractivity contribution is 6.30. The van der Waals surface area contributed by atoms with Crippen LogP contribution >= 0.6 is 11.6 Å². The third-order valence-electron chi connectivity index (χ3n) is 4.58. The third kappa shape index (κ3) is 4.28. The fourth-order valence-corrected chi connectivity index (χ4v) is 3.28. The van der Waals surface area contributed by atoms with E-state index in [0.717, 1.165) is 18.8 Å². The standard InChI is InChI=1S/C20H22ClFN2O2/c1-14-3-4-16(21)13-19(14)23-9-11-24(12-10-23)20(25)15(2)26-18-7-5-17(22)6-8-18/h3-8,13,15H,9-12H2,1-2H3/t15-/m1/s1. The Balaban J connectivity index is 1.57. The summed E-state index contributed by atoms with van der Waals surface area (Å²) in [4.78, 5) is 16.7. The molecule has 0 spiro atoms. The van der Waals surface area contributed by atoms with Crippen LogP contribution in [0.1, 0.15) is 12.5 Å². The topological polar surface area (TPSA) is 32.8 Å². The molecule has 6 heteroatoms. The second-order valence-electron chi connectivity index (χ2n) is 6.46. The molecule has 0 N–H and O–H groups in total. The monoisotopic (exact) mass is 376 g/mol. The first kappa shape index (κ1) is 18.5. The van der Waals surface area contributed by atoms with Gasteiger partial charge in [-0.15, -0.1) is 0 Å². The van der Waals surface area contributed by atoms with Crippen molar-refractivity contribution in [2.24, 2.45) is 0 Å². The number of hydrogen-bond acceptors (Lipinski definition) is 3. The predicted molar refractivity (Wildman–Crippen MR) is 101 cm³/mol. The molecule has 1 aliphatic heterocycles. The molecule has 4 nitrogen and oxygen atoms in total. The highest BCUT2D eigenvalue weighted by Crippen LogP contribution is 2.25. The average Bonchev–Trinajstić information content (AvgIpc) is 2.65. The van der Waals surface area contributed by atoms with Crippen LogP contribution in [0.4, 0.5) is 10.1 Å². The minimum absolute atomic E-state index is 0.0585. The van der Waals surface area contributed by atoms with Gasteiger partial charge < -0.3 is 14.5 Å². The number of carbonyl (C=O) groups is 1. The number of carbonyl (C=O) groups excluding carboxylic acids is 1. The van der Waals surface area contributed by atoms with Crippen molar-refractivity contribution in [3.8, 4) is 5.75 Å². The number of ether oxygens (including phenoxy) is 1. The Morgan fingerprint density at radius 3 is 2.42 bits per heavy atom. The summed E-state index contributed by atoms with van der Waals surface area (Å²) in [6.45, 7) is 6.52. The number of rotatable bonds is 4. The first-order valence-electron chi connectivity index (χ1n) is 8.66. The first-order chi connectivity index (χ1) is 12.4. The summed E-state index contributed by atoms with van der Waals surface area (Å²) in [6.07, 6.45) is -0.611. The molecule has 26 heavy (non-hydrogen) atoms. The molecule has 2 aromatic rings. The van der Waals surface area contributed by atoms with Gasteiger partial charge in [0, 0.05) is 36.9 Å². The second kappa shape index (κ2) is 7.96. The molecule has 0 aromatic heterocycles. The maximum absolute atomic E-state index is 13.0. The van der Waals surface area contributed by atoms with Gasteiger partial charge in [-0.3, -0.25) is 4.79 Å². The lowest BCUT2D eigenvalue weighted by Crippen LogP contribution is -2.52. The summed E-state index contributed by atoms with van der Waals surface area (Å²) in [5, 5.41) is 0.713. The molecule has 0 unspecified atom stereocenters. The van der Waals surface area contributed by atoms with E-state index in [1.807, 2.05) is 23.1 Å². The van der Waals surface area contributed by atoms with E-state index in [4.69, 9.17) is 16.3 Å². The van der Waals surface area contributed by atoms with Crippen LogP contribution in [0.25, 0.3) is 0 Å². The molecule has 1 amide bonds. The van der Waals surface area contributed by atoms with Gasteiger partial charge in [-0.25, -0.2) is 4.39 Å². The Labute approximate surface area is 158 Å². The molecular formula is C20H22ClFN2O2. The van der Waals surface area contributed by atoms with Gasteiger partial charge in [0.05, 0.1) is 0 Å². The molecule has 3 rings (SSSR count). The van der Waals surface area contributed by atoms with Gasteiger partial charge in [-0.05, 0) is 55.8 Å². The number of amides is 1. The van der Waals surface area contributed by atoms with E-state index in [0.29, 0.717) is 23.9 Å². The van der Waals surface area contributed by atoms with Crippen molar-refractivity contribution < 1.29 is 13.9 Å². The van der Waals surface area contributed by atoms with E-state index in [-0.39, 0.29) is 11.7 Å². The summed E-state index contributed by atoms with van der Waals surface area (Å²) in [5.41, 5.74) is 2.28. The zero-order valence-corrected chi connectivity index (χ0v) is 15.7. The zero-order valence-electron chi connectivity index (χ0n) is 14.9. The number of benzene rings is 2. The van der Waals surface area contributed by atoms with Gasteiger partial charge in [0.25, 0.3) is 5.91 Å². The molecule has 0 radical (unpaired) electrons. The molecule has 1 saturated heterocycles. The van der Waals surface area contributed by atoms with Crippen LogP contribution in [0.15, 0.2) is 42.5 Å². The van der Waals surface area contributed by atoms with Crippen LogP contribution in [0, 0.1) is 12.7 Å². The maximum atomic E-state index is 13.0. The van der Waals surface area contributed by atoms with E-state index in [2.05, 4.69) is 11.8 Å². The lowest BCUT2D eigenvalue weighted by atomic mass is 10.1. The van der Waals surface area contributed by atoms with Crippen LogP contribution < -0.4 is 9.64 Å². The zero-order chi connectivity index (χ0) is 18.7. The maximum Gasteiger partial charge on any atom is 0.263 e. The van der Waals surface area contributed by atoms with Crippen molar-refractivity contribution in [1.82, 2.24) is 4.90 Å². The summed E-state index contributed by atoms with van der Waals surface area (Å²) in [5.74, 6) is 0.0981. The Hall–Kier alpha value is -2.27. The second-order valence-corrected chi connectivity index (χ2v) is 6.89. The first-order valence-corrected chi connectivity index (χ1v) is 9.04. The van der Waals surface area contributed by atoms with Crippen LogP contribution in [-0.2, 0) is 4.79 Å². The largest absolute Gasteiger partial charge is 0.481 e. The van der Waals surface area contributed by atoms with Crippen LogP contribution in [0.2, 0.25) is 5.02 Å². The summed E-state index contributed by atoms with van der Waals surface area (Å²) in [6, 6.07) is 11.5. The molecule has 138 valence electrons. The van der Waals surface area contributed by atoms with E-state index in [9.17, 15) is 9.18 Å². The number of anilines is 1. The van der Waals surface area contributed by atoms with Crippen molar-refractivity contribution in [2.45, 2.75) is 20.0 Å². The molecule has 0 aliphatic carbocycles. The number of hydrogen-bond donors (Lipinski definition) is 0. The third-order valence-corrected chi connectivity index (χ3v) is 4.81. The summed E-state index contributed by atoms with van der Waals surface area (Å²) < 4.78 is 18.6. The molecule has 0 bridgehead atoms. The van der Waals surface area contributed by atoms with E-state index >= 15 is 0 Å². The normalized spacial score (nSPS) is 15.7. The van der Waals surface area contributed by atoms with E-state index in [1.54, 1.807) is 6.92 Å². The Morgan fingerprint density at radius 2 is 1.77 bits per heavy atom. The highest BCUT2D eigenvalue weighted by Gasteiger charge is 2.26. The number of nitrogens with zero attached hydrogens (tertiary/aromatic N) is 2. The van der Waals surface area contributed by atoms with Gasteiger partial charge >= 0.3 is 0 Å². The molecule has 2 aromatic carbocycles. The Bertz CT molecular complexity index is 774. The van der Waals surface area contributed by atoms with Crippen molar-refractivity contribution in [1.29, 1.82) is 0 Å². The Morgan fingerprint density at radius 1 is 1.12 bits per heavy atom. The molecule has 1 fully saturated rings. The Kier molecular flexibility index (Phi) is 5.67. The lowest BCUT2D eigenvalue weighted by Gasteiger charge is -2.37. The lowest BCUT2D eigenvalue weighted by molar-refractivity contribution is -0.138. The molecule has 1 heterocycles. The average molecular weight is 377 g/mol. The minimum Gasteiger partial charge on any atom is -0.481 e. The van der Waals surface area contributed by atoms with Crippen LogP contribution in [0.5, 0.6) is 5.75 Å². The minimum atomic E-state index is -0.611. The summed E-state index contributed by atoms with van der Waals surface area (Å²) in [7, 11) is 0. The van der Waals surface area contributed by atoms with Crippen molar-refractivity contribution in [3.63, 3.8) is 0 Å². The molecular weight excluding hydrogens is 355 g/mol. The van der Waals surface area contributed by atoms with Gasteiger partial charge in [0.2, 0.25) is 0 Å². The van der Waals surface area contributed by atoms with Crippen molar-refractivity contribution in [2.75, 3.05) is 31.1 Å². The van der Waals surface area contributed by atoms with Crippen molar-refractivity contribution in [3.05, 3.63) is 58.9 Å². The van der Waals surface area contributed by atoms with Crippen LogP contribution in [-0.4, -0.2) is 43.1 Å².